The lowest BCUT2D eigenvalue weighted by molar-refractivity contribution is 0.0731. The Morgan fingerprint density at radius 1 is 1.10 bits per heavy atom. The summed E-state index contributed by atoms with van der Waals surface area (Å²) in [7, 11) is 0. The molecule has 0 aliphatic carbocycles. The molecule has 0 saturated heterocycles. The maximum atomic E-state index is 12.5. The maximum Gasteiger partial charge on any atom is 0.257 e. The molecule has 1 heterocycles. The predicted molar refractivity (Wildman–Crippen MR) is 79.7 cm³/mol. The molecule has 0 spiro atoms. The van der Waals surface area contributed by atoms with Gasteiger partial charge in [0, 0.05) is 19.2 Å². The molecule has 21 heavy (non-hydrogen) atoms. The van der Waals surface area contributed by atoms with E-state index in [-0.39, 0.29) is 28.0 Å². The molecule has 1 aliphatic rings. The molecule has 3 rings (SSSR count). The fraction of sp³-hybridized carbons (Fsp3) is 0.188. The van der Waals surface area contributed by atoms with E-state index in [4.69, 9.17) is 11.6 Å². The van der Waals surface area contributed by atoms with Gasteiger partial charge >= 0.3 is 0 Å². The van der Waals surface area contributed by atoms with Crippen LogP contribution in [0.4, 0.5) is 0 Å². The van der Waals surface area contributed by atoms with E-state index in [1.165, 1.54) is 11.6 Å². The Kier molecular flexibility index (Phi) is 3.47. The van der Waals surface area contributed by atoms with Crippen molar-refractivity contribution < 1.29 is 15.0 Å². The molecule has 5 heteroatoms. The van der Waals surface area contributed by atoms with Gasteiger partial charge < -0.3 is 15.1 Å². The highest BCUT2D eigenvalue weighted by molar-refractivity contribution is 6.32. The van der Waals surface area contributed by atoms with Crippen LogP contribution in [0.3, 0.4) is 0 Å². The summed E-state index contributed by atoms with van der Waals surface area (Å²) in [5.41, 5.74) is 2.47. The number of benzene rings is 2. The van der Waals surface area contributed by atoms with Crippen LogP contribution in [0.25, 0.3) is 0 Å². The van der Waals surface area contributed by atoms with Crippen molar-refractivity contribution in [1.29, 1.82) is 0 Å². The number of aromatic hydroxyl groups is 2. The molecule has 2 aromatic carbocycles. The molecule has 4 nitrogen and oxygen atoms in total. The Balaban J connectivity index is 1.89. The molecule has 0 bridgehead atoms. The monoisotopic (exact) mass is 303 g/mol. The summed E-state index contributed by atoms with van der Waals surface area (Å²) in [6.07, 6.45) is 0.786. The molecule has 2 aromatic rings. The Morgan fingerprint density at radius 3 is 2.57 bits per heavy atom. The highest BCUT2D eigenvalue weighted by Crippen LogP contribution is 2.32. The van der Waals surface area contributed by atoms with Gasteiger partial charge in [0.1, 0.15) is 11.5 Å². The lowest BCUT2D eigenvalue weighted by Crippen LogP contribution is -2.35. The average molecular weight is 304 g/mol. The highest BCUT2D eigenvalue weighted by atomic mass is 35.5. The van der Waals surface area contributed by atoms with Gasteiger partial charge in [0.2, 0.25) is 0 Å². The summed E-state index contributed by atoms with van der Waals surface area (Å²) in [5, 5.41) is 19.3. The van der Waals surface area contributed by atoms with Crippen LogP contribution in [0.2, 0.25) is 5.02 Å². The highest BCUT2D eigenvalue weighted by Gasteiger charge is 2.24. The summed E-state index contributed by atoms with van der Waals surface area (Å²) < 4.78 is 0. The molecule has 1 amide bonds. The minimum absolute atomic E-state index is 0.0496. The van der Waals surface area contributed by atoms with Crippen LogP contribution in [0.15, 0.2) is 36.4 Å². The minimum Gasteiger partial charge on any atom is -0.507 e. The van der Waals surface area contributed by atoms with E-state index in [2.05, 4.69) is 6.07 Å². The maximum absolute atomic E-state index is 12.5. The Bertz CT molecular complexity index is 715. The van der Waals surface area contributed by atoms with Crippen molar-refractivity contribution in [2.75, 3.05) is 6.54 Å². The minimum atomic E-state index is -0.288. The van der Waals surface area contributed by atoms with E-state index < -0.39 is 0 Å². The van der Waals surface area contributed by atoms with E-state index in [1.54, 1.807) is 4.90 Å². The first-order chi connectivity index (χ1) is 10.1. The molecular formula is C16H14ClNO3. The summed E-state index contributed by atoms with van der Waals surface area (Å²) in [4.78, 5) is 14.2. The summed E-state index contributed by atoms with van der Waals surface area (Å²) >= 11 is 5.82. The van der Waals surface area contributed by atoms with Crippen LogP contribution < -0.4 is 0 Å². The van der Waals surface area contributed by atoms with E-state index in [9.17, 15) is 15.0 Å². The third-order valence-electron chi connectivity index (χ3n) is 3.71. The molecule has 0 radical (unpaired) electrons. The topological polar surface area (TPSA) is 60.8 Å². The van der Waals surface area contributed by atoms with Gasteiger partial charge in [-0.25, -0.2) is 0 Å². The van der Waals surface area contributed by atoms with E-state index >= 15 is 0 Å². The molecule has 0 aromatic heterocycles. The van der Waals surface area contributed by atoms with Crippen molar-refractivity contribution in [3.8, 4) is 11.5 Å². The van der Waals surface area contributed by atoms with Crippen LogP contribution >= 0.6 is 11.6 Å². The fourth-order valence-corrected chi connectivity index (χ4v) is 2.73. The number of nitrogens with zero attached hydrogens (tertiary/aromatic N) is 1. The standard InChI is InChI=1S/C16H14ClNO3/c17-13-7-12(14(19)8-15(13)20)16(21)18-6-5-10-3-1-2-4-11(10)9-18/h1-4,7-8,19-20H,5-6,9H2. The SMILES string of the molecule is O=C(c1cc(Cl)c(O)cc1O)N1CCc2ccccc2C1. The largest absolute Gasteiger partial charge is 0.507 e. The van der Waals surface area contributed by atoms with Crippen molar-refractivity contribution in [2.45, 2.75) is 13.0 Å². The van der Waals surface area contributed by atoms with Crippen LogP contribution in [0.1, 0.15) is 21.5 Å². The summed E-state index contributed by atoms with van der Waals surface area (Å²) in [6.45, 7) is 1.10. The zero-order valence-electron chi connectivity index (χ0n) is 11.2. The quantitative estimate of drug-likeness (QED) is 0.851. The first-order valence-electron chi connectivity index (χ1n) is 6.64. The van der Waals surface area contributed by atoms with Crippen molar-refractivity contribution in [1.82, 2.24) is 4.90 Å². The summed E-state index contributed by atoms with van der Waals surface area (Å²) in [6, 6.07) is 10.4. The number of fused-ring (bicyclic) bond motifs is 1. The van der Waals surface area contributed by atoms with Gasteiger partial charge in [-0.15, -0.1) is 0 Å². The van der Waals surface area contributed by atoms with Gasteiger partial charge in [0.05, 0.1) is 10.6 Å². The number of rotatable bonds is 1. The van der Waals surface area contributed by atoms with Gasteiger partial charge in [-0.2, -0.15) is 0 Å². The summed E-state index contributed by atoms with van der Waals surface area (Å²) in [5.74, 6) is -0.792. The average Bonchev–Trinajstić information content (AvgIpc) is 2.50. The number of phenolic OH excluding ortho intramolecular Hbond substituents is 2. The van der Waals surface area contributed by atoms with Gasteiger partial charge in [-0.05, 0) is 23.6 Å². The normalized spacial score (nSPS) is 13.9. The number of hydrogen-bond donors (Lipinski definition) is 2. The van der Waals surface area contributed by atoms with Crippen LogP contribution in [-0.4, -0.2) is 27.6 Å². The number of halogens is 1. The molecule has 108 valence electrons. The fourth-order valence-electron chi connectivity index (χ4n) is 2.56. The third-order valence-corrected chi connectivity index (χ3v) is 4.02. The molecule has 0 fully saturated rings. The number of phenols is 2. The van der Waals surface area contributed by atoms with Crippen LogP contribution in [0, 0.1) is 0 Å². The molecule has 0 atom stereocenters. The zero-order chi connectivity index (χ0) is 15.0. The lowest BCUT2D eigenvalue weighted by atomic mass is 9.99. The number of carbonyl (C=O) groups excluding carboxylic acids is 1. The van der Waals surface area contributed by atoms with Crippen molar-refractivity contribution in [3.05, 3.63) is 58.1 Å². The van der Waals surface area contributed by atoms with Crippen molar-refractivity contribution >= 4 is 17.5 Å². The molecule has 0 unspecified atom stereocenters. The molecule has 2 N–H and O–H groups in total. The predicted octanol–water partition coefficient (Wildman–Crippen LogP) is 2.95. The van der Waals surface area contributed by atoms with E-state index in [0.29, 0.717) is 13.1 Å². The second kappa shape index (κ2) is 5.30. The van der Waals surface area contributed by atoms with Crippen LogP contribution in [0.5, 0.6) is 11.5 Å². The van der Waals surface area contributed by atoms with Gasteiger partial charge in [0.25, 0.3) is 5.91 Å². The molecule has 0 saturated carbocycles. The molecule has 1 aliphatic heterocycles. The number of amides is 1. The van der Waals surface area contributed by atoms with Gasteiger partial charge in [0.15, 0.2) is 0 Å². The first-order valence-corrected chi connectivity index (χ1v) is 7.01. The van der Waals surface area contributed by atoms with Gasteiger partial charge in [-0.1, -0.05) is 35.9 Å². The Hall–Kier alpha value is -2.20. The Morgan fingerprint density at radius 2 is 1.81 bits per heavy atom. The Labute approximate surface area is 127 Å². The van der Waals surface area contributed by atoms with Crippen molar-refractivity contribution in [2.24, 2.45) is 0 Å². The molecular weight excluding hydrogens is 290 g/mol. The van der Waals surface area contributed by atoms with E-state index in [1.807, 2.05) is 18.2 Å². The second-order valence-corrected chi connectivity index (χ2v) is 5.47. The zero-order valence-corrected chi connectivity index (χ0v) is 12.0. The van der Waals surface area contributed by atoms with Gasteiger partial charge in [-0.3, -0.25) is 4.79 Å². The van der Waals surface area contributed by atoms with E-state index in [0.717, 1.165) is 18.1 Å². The lowest BCUT2D eigenvalue weighted by Gasteiger charge is -2.29. The first kappa shape index (κ1) is 13.8. The number of carbonyl (C=O) groups is 1. The second-order valence-electron chi connectivity index (χ2n) is 5.07. The van der Waals surface area contributed by atoms with Crippen molar-refractivity contribution in [3.63, 3.8) is 0 Å². The third kappa shape index (κ3) is 2.54. The smallest absolute Gasteiger partial charge is 0.257 e. The number of hydrogen-bond acceptors (Lipinski definition) is 3. The van der Waals surface area contributed by atoms with Crippen LogP contribution in [-0.2, 0) is 13.0 Å².